The Hall–Kier alpha value is -1.45. The Morgan fingerprint density at radius 1 is 1.53 bits per heavy atom. The maximum absolute atomic E-state index is 10.7. The number of aliphatic carboxylic acids is 1. The molecule has 1 heterocycles. The Kier molecular flexibility index (Phi) is 2.66. The fourth-order valence-corrected chi connectivity index (χ4v) is 1.83. The molecule has 1 N–H and O–H groups in total. The fourth-order valence-electron chi connectivity index (χ4n) is 1.83. The largest absolute Gasteiger partial charge is 0.481 e. The Morgan fingerprint density at radius 3 is 3.00 bits per heavy atom. The lowest BCUT2D eigenvalue weighted by Crippen LogP contribution is -2.13. The van der Waals surface area contributed by atoms with E-state index < -0.39 is 11.9 Å². The highest BCUT2D eigenvalue weighted by atomic mass is 16.4. The number of carboxylic acids is 1. The summed E-state index contributed by atoms with van der Waals surface area (Å²) >= 11 is 0. The fraction of sp³-hybridized carbons (Fsp3) is 0.545. The van der Waals surface area contributed by atoms with Gasteiger partial charge in [0.25, 0.3) is 0 Å². The van der Waals surface area contributed by atoms with Gasteiger partial charge >= 0.3 is 5.97 Å². The Balaban J connectivity index is 2.13. The lowest BCUT2D eigenvalue weighted by atomic mass is 10.1. The molecule has 1 aliphatic carbocycles. The second kappa shape index (κ2) is 3.96. The summed E-state index contributed by atoms with van der Waals surface area (Å²) in [6.07, 6.45) is 5.29. The van der Waals surface area contributed by atoms with Crippen molar-refractivity contribution in [1.29, 1.82) is 0 Å². The lowest BCUT2D eigenvalue weighted by molar-refractivity contribution is -0.141. The van der Waals surface area contributed by atoms with Crippen LogP contribution in [0.2, 0.25) is 0 Å². The van der Waals surface area contributed by atoms with Crippen LogP contribution in [0.4, 0.5) is 0 Å². The van der Waals surface area contributed by atoms with Gasteiger partial charge in [-0.25, -0.2) is 0 Å². The molecule has 1 aliphatic rings. The Labute approximate surface area is 88.4 Å². The standard InChI is InChI=1S/C11H14N2O2/c1-7(11(14)15)5-8-6-12-9-3-2-4-10(9)13-8/h6-7H,2-5H2,1H3,(H,14,15). The molecule has 0 saturated carbocycles. The first-order valence-electron chi connectivity index (χ1n) is 5.23. The topological polar surface area (TPSA) is 63.1 Å². The van der Waals surface area contributed by atoms with Crippen LogP contribution in [0.15, 0.2) is 6.20 Å². The number of rotatable bonds is 3. The molecular weight excluding hydrogens is 192 g/mol. The molecule has 0 amide bonds. The van der Waals surface area contributed by atoms with Crippen molar-refractivity contribution < 1.29 is 9.90 Å². The van der Waals surface area contributed by atoms with Crippen LogP contribution in [-0.4, -0.2) is 21.0 Å². The smallest absolute Gasteiger partial charge is 0.306 e. The van der Waals surface area contributed by atoms with Crippen molar-refractivity contribution in [3.63, 3.8) is 0 Å². The summed E-state index contributed by atoms with van der Waals surface area (Å²) < 4.78 is 0. The average Bonchev–Trinajstić information content (AvgIpc) is 2.64. The van der Waals surface area contributed by atoms with Crippen molar-refractivity contribution in [2.45, 2.75) is 32.6 Å². The van der Waals surface area contributed by atoms with Gasteiger partial charge in [0.15, 0.2) is 0 Å². The zero-order chi connectivity index (χ0) is 10.8. The lowest BCUT2D eigenvalue weighted by Gasteiger charge is -2.06. The SMILES string of the molecule is CC(Cc1cnc2c(n1)CCC2)C(=O)O. The highest BCUT2D eigenvalue weighted by Gasteiger charge is 2.17. The number of nitrogens with zero attached hydrogens (tertiary/aromatic N) is 2. The number of fused-ring (bicyclic) bond motifs is 1. The molecular formula is C11H14N2O2. The van der Waals surface area contributed by atoms with Gasteiger partial charge in [-0.05, 0) is 19.3 Å². The maximum Gasteiger partial charge on any atom is 0.306 e. The third kappa shape index (κ3) is 2.14. The van der Waals surface area contributed by atoms with Crippen molar-refractivity contribution >= 4 is 5.97 Å². The third-order valence-electron chi connectivity index (χ3n) is 2.75. The van der Waals surface area contributed by atoms with Gasteiger partial charge in [0.05, 0.1) is 23.0 Å². The Morgan fingerprint density at radius 2 is 2.27 bits per heavy atom. The molecule has 1 unspecified atom stereocenters. The first-order chi connectivity index (χ1) is 7.16. The molecule has 1 aromatic rings. The number of aromatic nitrogens is 2. The molecule has 0 bridgehead atoms. The van der Waals surface area contributed by atoms with Crippen LogP contribution < -0.4 is 0 Å². The van der Waals surface area contributed by atoms with Gasteiger partial charge in [-0.2, -0.15) is 0 Å². The Bertz CT molecular complexity index is 390. The summed E-state index contributed by atoms with van der Waals surface area (Å²) in [6, 6.07) is 0. The van der Waals surface area contributed by atoms with Crippen LogP contribution in [0, 0.1) is 5.92 Å². The van der Waals surface area contributed by atoms with Crippen LogP contribution in [0.1, 0.15) is 30.4 Å². The molecule has 0 spiro atoms. The normalized spacial score (nSPS) is 16.1. The molecule has 1 atom stereocenters. The third-order valence-corrected chi connectivity index (χ3v) is 2.75. The minimum Gasteiger partial charge on any atom is -0.481 e. The number of hydrogen-bond donors (Lipinski definition) is 1. The maximum atomic E-state index is 10.7. The number of aryl methyl sites for hydroxylation is 2. The van der Waals surface area contributed by atoms with E-state index in [1.165, 1.54) is 0 Å². The van der Waals surface area contributed by atoms with Gasteiger partial charge in [0, 0.05) is 12.6 Å². The van der Waals surface area contributed by atoms with Crippen molar-refractivity contribution in [3.8, 4) is 0 Å². The van der Waals surface area contributed by atoms with Crippen molar-refractivity contribution in [1.82, 2.24) is 9.97 Å². The molecule has 0 fully saturated rings. The van der Waals surface area contributed by atoms with E-state index in [4.69, 9.17) is 5.11 Å². The van der Waals surface area contributed by atoms with Crippen LogP contribution in [-0.2, 0) is 24.1 Å². The highest BCUT2D eigenvalue weighted by molar-refractivity contribution is 5.69. The van der Waals surface area contributed by atoms with E-state index in [0.717, 1.165) is 36.3 Å². The zero-order valence-corrected chi connectivity index (χ0v) is 8.73. The summed E-state index contributed by atoms with van der Waals surface area (Å²) in [5.74, 6) is -1.17. The summed E-state index contributed by atoms with van der Waals surface area (Å²) in [5.41, 5.74) is 2.94. The summed E-state index contributed by atoms with van der Waals surface area (Å²) in [4.78, 5) is 19.5. The summed E-state index contributed by atoms with van der Waals surface area (Å²) in [5, 5.41) is 8.79. The van der Waals surface area contributed by atoms with E-state index in [1.54, 1.807) is 13.1 Å². The van der Waals surface area contributed by atoms with E-state index in [2.05, 4.69) is 9.97 Å². The van der Waals surface area contributed by atoms with E-state index in [1.807, 2.05) is 0 Å². The van der Waals surface area contributed by atoms with Gasteiger partial charge in [0.1, 0.15) is 0 Å². The van der Waals surface area contributed by atoms with E-state index >= 15 is 0 Å². The minimum absolute atomic E-state index is 0.390. The molecule has 2 rings (SSSR count). The molecule has 4 heteroatoms. The van der Waals surface area contributed by atoms with Gasteiger partial charge < -0.3 is 5.11 Å². The molecule has 15 heavy (non-hydrogen) atoms. The van der Waals surface area contributed by atoms with Crippen molar-refractivity contribution in [2.24, 2.45) is 5.92 Å². The van der Waals surface area contributed by atoms with Gasteiger partial charge in [-0.15, -0.1) is 0 Å². The number of carboxylic acid groups (broad SMARTS) is 1. The van der Waals surface area contributed by atoms with Crippen LogP contribution in [0.25, 0.3) is 0 Å². The quantitative estimate of drug-likeness (QED) is 0.807. The van der Waals surface area contributed by atoms with Gasteiger partial charge in [-0.1, -0.05) is 6.92 Å². The molecule has 80 valence electrons. The molecule has 4 nitrogen and oxygen atoms in total. The van der Waals surface area contributed by atoms with Gasteiger partial charge in [0.2, 0.25) is 0 Å². The molecule has 0 saturated heterocycles. The highest BCUT2D eigenvalue weighted by Crippen LogP contribution is 2.18. The van der Waals surface area contributed by atoms with Gasteiger partial charge in [-0.3, -0.25) is 14.8 Å². The van der Waals surface area contributed by atoms with Crippen molar-refractivity contribution in [2.75, 3.05) is 0 Å². The van der Waals surface area contributed by atoms with E-state index in [-0.39, 0.29) is 0 Å². The van der Waals surface area contributed by atoms with Crippen molar-refractivity contribution in [3.05, 3.63) is 23.3 Å². The monoisotopic (exact) mass is 206 g/mol. The van der Waals surface area contributed by atoms with Crippen LogP contribution in [0.5, 0.6) is 0 Å². The van der Waals surface area contributed by atoms with Crippen LogP contribution >= 0.6 is 0 Å². The first kappa shape index (κ1) is 10.1. The molecule has 0 aromatic carbocycles. The second-order valence-electron chi connectivity index (χ2n) is 4.05. The summed E-state index contributed by atoms with van der Waals surface area (Å²) in [6.45, 7) is 1.69. The number of carbonyl (C=O) groups is 1. The summed E-state index contributed by atoms with van der Waals surface area (Å²) in [7, 11) is 0. The van der Waals surface area contributed by atoms with Crippen LogP contribution in [0.3, 0.4) is 0 Å². The predicted molar refractivity (Wildman–Crippen MR) is 54.6 cm³/mol. The second-order valence-corrected chi connectivity index (χ2v) is 4.05. The molecule has 0 aliphatic heterocycles. The number of hydrogen-bond acceptors (Lipinski definition) is 3. The molecule has 0 radical (unpaired) electrons. The first-order valence-corrected chi connectivity index (χ1v) is 5.23. The predicted octanol–water partition coefficient (Wildman–Crippen LogP) is 1.23. The minimum atomic E-state index is -0.780. The average molecular weight is 206 g/mol. The van der Waals surface area contributed by atoms with E-state index in [0.29, 0.717) is 6.42 Å². The van der Waals surface area contributed by atoms with E-state index in [9.17, 15) is 4.79 Å². The zero-order valence-electron chi connectivity index (χ0n) is 8.73. The molecule has 1 aromatic heterocycles.